The molecule has 3 aromatic heterocycles. The molecule has 6 rings (SSSR count). The lowest BCUT2D eigenvalue weighted by Crippen LogP contribution is -2.36. The lowest BCUT2D eigenvalue weighted by atomic mass is 10.0. The van der Waals surface area contributed by atoms with Gasteiger partial charge in [-0.15, -0.1) is 0 Å². The van der Waals surface area contributed by atoms with Gasteiger partial charge in [-0.2, -0.15) is 5.10 Å². The molecule has 4 heterocycles. The first-order valence-corrected chi connectivity index (χ1v) is 12.8. The van der Waals surface area contributed by atoms with Crippen molar-refractivity contribution < 1.29 is 5.11 Å². The lowest BCUT2D eigenvalue weighted by Gasteiger charge is -2.32. The largest absolute Gasteiger partial charge is 0.393 e. The number of nitrogen functional groups attached to an aromatic ring is 1. The lowest BCUT2D eigenvalue weighted by molar-refractivity contribution is 0.172. The van der Waals surface area contributed by atoms with E-state index in [1.165, 1.54) is 12.8 Å². The second-order valence-corrected chi connectivity index (χ2v) is 10.1. The maximum absolute atomic E-state index is 9.95. The van der Waals surface area contributed by atoms with Crippen molar-refractivity contribution >= 4 is 22.7 Å². The van der Waals surface area contributed by atoms with Crippen molar-refractivity contribution in [3.8, 4) is 11.1 Å². The predicted octanol–water partition coefficient (Wildman–Crippen LogP) is 3.16. The quantitative estimate of drug-likeness (QED) is 0.511. The van der Waals surface area contributed by atoms with E-state index in [1.807, 2.05) is 6.20 Å². The zero-order valence-electron chi connectivity index (χ0n) is 19.8. The number of hydrogen-bond donors (Lipinski definition) is 3. The second-order valence-electron chi connectivity index (χ2n) is 10.1. The van der Waals surface area contributed by atoms with E-state index in [0.717, 1.165) is 85.8 Å². The molecule has 180 valence electrons. The summed E-state index contributed by atoms with van der Waals surface area (Å²) in [5.41, 5.74) is 10.4. The van der Waals surface area contributed by atoms with E-state index in [9.17, 15) is 5.11 Å². The molecule has 0 spiro atoms. The van der Waals surface area contributed by atoms with Gasteiger partial charge in [-0.1, -0.05) is 6.92 Å². The highest BCUT2D eigenvalue weighted by Gasteiger charge is 2.32. The van der Waals surface area contributed by atoms with Crippen LogP contribution in [0.5, 0.6) is 0 Å². The van der Waals surface area contributed by atoms with E-state index in [2.05, 4.69) is 33.0 Å². The van der Waals surface area contributed by atoms with Gasteiger partial charge in [0.05, 0.1) is 24.0 Å². The number of rotatable bonds is 6. The van der Waals surface area contributed by atoms with Crippen LogP contribution < -0.4 is 11.1 Å². The minimum absolute atomic E-state index is 0.207. The fraction of sp³-hybridized carbons (Fsp3) is 0.600. The van der Waals surface area contributed by atoms with Crippen molar-refractivity contribution in [2.45, 2.75) is 82.5 Å². The van der Waals surface area contributed by atoms with Gasteiger partial charge in [-0.25, -0.2) is 15.0 Å². The maximum atomic E-state index is 9.95. The number of likely N-dealkylation sites (tertiary alicyclic amines) is 1. The number of nitrogens with zero attached hydrogens (tertiary/aromatic N) is 6. The summed E-state index contributed by atoms with van der Waals surface area (Å²) in [5.74, 6) is 1.17. The number of nitrogens with two attached hydrogens (primary N) is 1. The first-order valence-electron chi connectivity index (χ1n) is 12.8. The zero-order chi connectivity index (χ0) is 23.2. The van der Waals surface area contributed by atoms with Crippen molar-refractivity contribution in [2.75, 3.05) is 24.1 Å². The molecule has 34 heavy (non-hydrogen) atoms. The molecule has 3 aromatic rings. The van der Waals surface area contributed by atoms with E-state index >= 15 is 0 Å². The van der Waals surface area contributed by atoms with Crippen molar-refractivity contribution in [3.05, 3.63) is 24.3 Å². The van der Waals surface area contributed by atoms with E-state index < -0.39 is 0 Å². The fourth-order valence-electron chi connectivity index (χ4n) is 5.58. The maximum Gasteiger partial charge on any atom is 0.151 e. The predicted molar refractivity (Wildman–Crippen MR) is 132 cm³/mol. The number of nitrogens with one attached hydrogen (secondary N) is 1. The summed E-state index contributed by atoms with van der Waals surface area (Å²) < 4.78 is 2.12. The molecule has 0 bridgehead atoms. The minimum atomic E-state index is -0.242. The third kappa shape index (κ3) is 4.11. The highest BCUT2D eigenvalue weighted by atomic mass is 16.3. The first kappa shape index (κ1) is 21.7. The van der Waals surface area contributed by atoms with Gasteiger partial charge in [-0.3, -0.25) is 4.68 Å². The molecule has 1 saturated heterocycles. The Hall–Kier alpha value is -2.78. The summed E-state index contributed by atoms with van der Waals surface area (Å²) in [6.45, 7) is 4.39. The Bertz CT molecular complexity index is 1180. The number of aliphatic hydroxyl groups excluding tert-OH is 1. The van der Waals surface area contributed by atoms with Gasteiger partial charge in [0.25, 0.3) is 0 Å². The summed E-state index contributed by atoms with van der Waals surface area (Å²) in [6.07, 6.45) is 13.8. The van der Waals surface area contributed by atoms with E-state index in [1.54, 1.807) is 6.20 Å². The number of piperidine rings is 1. The number of fused-ring (bicyclic) bond motifs is 1. The van der Waals surface area contributed by atoms with Gasteiger partial charge >= 0.3 is 0 Å². The van der Waals surface area contributed by atoms with Crippen LogP contribution in [0.1, 0.15) is 63.6 Å². The highest BCUT2D eigenvalue weighted by Crippen LogP contribution is 2.35. The normalized spacial score (nSPS) is 24.2. The molecule has 4 N–H and O–H groups in total. The molecule has 0 amide bonds. The van der Waals surface area contributed by atoms with E-state index in [0.29, 0.717) is 17.4 Å². The van der Waals surface area contributed by atoms with Crippen LogP contribution in [-0.2, 0) is 6.42 Å². The third-order valence-corrected chi connectivity index (χ3v) is 7.73. The van der Waals surface area contributed by atoms with Gasteiger partial charge in [0.2, 0.25) is 0 Å². The van der Waals surface area contributed by atoms with Crippen LogP contribution in [0, 0.1) is 0 Å². The summed E-state index contributed by atoms with van der Waals surface area (Å²) in [7, 11) is 0. The highest BCUT2D eigenvalue weighted by molar-refractivity contribution is 5.96. The van der Waals surface area contributed by atoms with Crippen LogP contribution in [-0.4, -0.2) is 66.0 Å². The van der Waals surface area contributed by atoms with Crippen molar-refractivity contribution in [3.63, 3.8) is 0 Å². The molecule has 2 atom stereocenters. The van der Waals surface area contributed by atoms with Crippen molar-refractivity contribution in [2.24, 2.45) is 0 Å². The average molecular weight is 463 g/mol. The van der Waals surface area contributed by atoms with E-state index in [4.69, 9.17) is 20.8 Å². The van der Waals surface area contributed by atoms with Gasteiger partial charge < -0.3 is 21.1 Å². The van der Waals surface area contributed by atoms with E-state index in [-0.39, 0.29) is 12.1 Å². The molecule has 0 unspecified atom stereocenters. The van der Waals surface area contributed by atoms with Crippen molar-refractivity contribution in [1.29, 1.82) is 0 Å². The monoisotopic (exact) mass is 462 g/mol. The average Bonchev–Trinajstić information content (AvgIpc) is 3.45. The smallest absolute Gasteiger partial charge is 0.151 e. The molecule has 9 nitrogen and oxygen atoms in total. The minimum Gasteiger partial charge on any atom is -0.393 e. The van der Waals surface area contributed by atoms with Gasteiger partial charge in [0.1, 0.15) is 16.9 Å². The standard InChI is InChI=1S/C25H34N8O/c1-2-21-25(29-16-3-6-19(34)11-16)31-22-20(13-27-24(26)23(22)30-21)15-12-28-33(14-15)18-7-9-32(10-8-18)17-4-5-17/h12-14,16-19,34H,2-11H2,1H3,(H2,26,27)(H,29,31)/t16-,19+/m1/s1. The molecule has 1 aliphatic heterocycles. The molecule has 2 saturated carbocycles. The molecular weight excluding hydrogens is 428 g/mol. The SMILES string of the molecule is CCc1nc2c(N)ncc(-c3cnn(C4CCN(C5CC5)CC4)c3)c2nc1N[C@@H]1CC[C@H](O)C1. The topological polar surface area (TPSA) is 118 Å². The Morgan fingerprint density at radius 1 is 1.03 bits per heavy atom. The molecule has 0 radical (unpaired) electrons. The van der Waals surface area contributed by atoms with Gasteiger partial charge in [-0.05, 0) is 51.4 Å². The first-order chi connectivity index (χ1) is 16.6. The molecular formula is C25H34N8O. The molecule has 3 fully saturated rings. The van der Waals surface area contributed by atoms with Gasteiger partial charge in [0, 0.05) is 48.7 Å². The summed E-state index contributed by atoms with van der Waals surface area (Å²) >= 11 is 0. The molecule has 0 aromatic carbocycles. The Labute approximate surface area is 199 Å². The van der Waals surface area contributed by atoms with Crippen molar-refractivity contribution in [1.82, 2.24) is 29.6 Å². The second kappa shape index (κ2) is 8.78. The summed E-state index contributed by atoms with van der Waals surface area (Å²) in [6, 6.07) is 1.47. The molecule has 9 heteroatoms. The fourth-order valence-corrected chi connectivity index (χ4v) is 5.58. The van der Waals surface area contributed by atoms with Crippen LogP contribution in [0.25, 0.3) is 22.2 Å². The Balaban J connectivity index is 1.31. The van der Waals surface area contributed by atoms with Crippen LogP contribution in [0.2, 0.25) is 0 Å². The summed E-state index contributed by atoms with van der Waals surface area (Å²) in [4.78, 5) is 16.9. The van der Waals surface area contributed by atoms with Crippen LogP contribution in [0.3, 0.4) is 0 Å². The van der Waals surface area contributed by atoms with Crippen LogP contribution >= 0.6 is 0 Å². The Kier molecular flexibility index (Phi) is 5.61. The molecule has 2 aliphatic carbocycles. The van der Waals surface area contributed by atoms with Gasteiger partial charge in [0.15, 0.2) is 5.82 Å². The zero-order valence-corrected chi connectivity index (χ0v) is 19.8. The Morgan fingerprint density at radius 3 is 2.56 bits per heavy atom. The number of anilines is 2. The van der Waals surface area contributed by atoms with Crippen LogP contribution in [0.4, 0.5) is 11.6 Å². The number of hydrogen-bond acceptors (Lipinski definition) is 8. The number of aliphatic hydroxyl groups is 1. The Morgan fingerprint density at radius 2 is 1.85 bits per heavy atom. The number of pyridine rings is 1. The van der Waals surface area contributed by atoms with Crippen LogP contribution in [0.15, 0.2) is 18.6 Å². The molecule has 3 aliphatic rings. The number of aromatic nitrogens is 5. The summed E-state index contributed by atoms with van der Waals surface area (Å²) in [5, 5.41) is 18.2. The third-order valence-electron chi connectivity index (χ3n) is 7.73. The number of aryl methyl sites for hydroxylation is 1.